The minimum atomic E-state index is -0.0694. The van der Waals surface area contributed by atoms with E-state index >= 15 is 0 Å². The summed E-state index contributed by atoms with van der Waals surface area (Å²) >= 11 is 0. The minimum absolute atomic E-state index is 0.0694. The molecule has 7 nitrogen and oxygen atoms in total. The third-order valence-corrected chi connectivity index (χ3v) is 4.75. The van der Waals surface area contributed by atoms with Crippen molar-refractivity contribution in [3.63, 3.8) is 0 Å². The van der Waals surface area contributed by atoms with Gasteiger partial charge in [0.1, 0.15) is 0 Å². The van der Waals surface area contributed by atoms with Crippen LogP contribution in [0.5, 0.6) is 0 Å². The fourth-order valence-corrected chi connectivity index (χ4v) is 3.17. The van der Waals surface area contributed by atoms with Crippen LogP contribution < -0.4 is 10.6 Å². The van der Waals surface area contributed by atoms with Crippen molar-refractivity contribution in [2.45, 2.75) is 0 Å². The lowest BCUT2D eigenvalue weighted by Gasteiger charge is -2.10. The molecule has 2 aromatic heterocycles. The molecule has 4 rings (SSSR count). The van der Waals surface area contributed by atoms with Gasteiger partial charge in [-0.25, -0.2) is 9.97 Å². The van der Waals surface area contributed by atoms with Gasteiger partial charge in [-0.1, -0.05) is 30.3 Å². The molecule has 0 radical (unpaired) electrons. The van der Waals surface area contributed by atoms with Crippen molar-refractivity contribution < 1.29 is 4.79 Å². The lowest BCUT2D eigenvalue weighted by molar-refractivity contribution is 0.0951. The van der Waals surface area contributed by atoms with E-state index in [-0.39, 0.29) is 5.91 Å². The number of hydrogen-bond donors (Lipinski definition) is 2. The Balaban J connectivity index is 1.55. The number of nitrogens with one attached hydrogen (secondary N) is 2. The standard InChI is InChI=1S/C23H24N6O/c1-28(2)14-12-25-23(30)18-10-8-17(9-11-18)20-16-26-22-21(24-13-15-29(20)22)27-19-6-4-3-5-7-19/h3-11,13,15-16H,12,14H2,1-2H3,(H,24,27)(H,25,30). The Hall–Kier alpha value is -3.71. The Labute approximate surface area is 175 Å². The van der Waals surface area contributed by atoms with E-state index in [1.165, 1.54) is 0 Å². The predicted molar refractivity (Wildman–Crippen MR) is 119 cm³/mol. The second kappa shape index (κ2) is 8.75. The first-order valence-electron chi connectivity index (χ1n) is 9.79. The molecular formula is C23H24N6O. The summed E-state index contributed by atoms with van der Waals surface area (Å²) in [6.07, 6.45) is 5.45. The number of para-hydroxylation sites is 1. The summed E-state index contributed by atoms with van der Waals surface area (Å²) in [5, 5.41) is 6.24. The molecule has 0 atom stereocenters. The maximum absolute atomic E-state index is 12.3. The van der Waals surface area contributed by atoms with Crippen LogP contribution in [0, 0.1) is 0 Å². The fraction of sp³-hybridized carbons (Fsp3) is 0.174. The van der Waals surface area contributed by atoms with Gasteiger partial charge in [-0.2, -0.15) is 0 Å². The second-order valence-corrected chi connectivity index (χ2v) is 7.24. The summed E-state index contributed by atoms with van der Waals surface area (Å²) in [7, 11) is 3.96. The van der Waals surface area contributed by atoms with E-state index in [2.05, 4.69) is 20.6 Å². The van der Waals surface area contributed by atoms with Gasteiger partial charge in [-0.05, 0) is 38.4 Å². The normalized spacial score (nSPS) is 11.0. The predicted octanol–water partition coefficient (Wildman–Crippen LogP) is 3.43. The molecule has 0 spiro atoms. The molecule has 30 heavy (non-hydrogen) atoms. The maximum Gasteiger partial charge on any atom is 0.251 e. The number of imidazole rings is 1. The zero-order valence-corrected chi connectivity index (χ0v) is 17.0. The Kier molecular flexibility index (Phi) is 5.72. The number of amides is 1. The first-order valence-corrected chi connectivity index (χ1v) is 9.79. The number of likely N-dealkylation sites (N-methyl/N-ethyl adjacent to an activating group) is 1. The van der Waals surface area contributed by atoms with Crippen LogP contribution in [-0.2, 0) is 0 Å². The summed E-state index contributed by atoms with van der Waals surface area (Å²) < 4.78 is 1.99. The number of carbonyl (C=O) groups is 1. The van der Waals surface area contributed by atoms with Crippen LogP contribution in [0.25, 0.3) is 16.9 Å². The lowest BCUT2D eigenvalue weighted by atomic mass is 10.1. The van der Waals surface area contributed by atoms with Gasteiger partial charge in [0, 0.05) is 42.3 Å². The highest BCUT2D eigenvalue weighted by molar-refractivity contribution is 5.94. The Morgan fingerprint density at radius 2 is 1.80 bits per heavy atom. The topological polar surface area (TPSA) is 74.6 Å². The molecule has 7 heteroatoms. The van der Waals surface area contributed by atoms with Gasteiger partial charge in [0.05, 0.1) is 11.9 Å². The molecule has 0 aliphatic heterocycles. The Morgan fingerprint density at radius 1 is 1.03 bits per heavy atom. The summed E-state index contributed by atoms with van der Waals surface area (Å²) in [6.45, 7) is 1.42. The average molecular weight is 400 g/mol. The average Bonchev–Trinajstić information content (AvgIpc) is 3.19. The highest BCUT2D eigenvalue weighted by Crippen LogP contribution is 2.25. The number of anilines is 2. The Morgan fingerprint density at radius 3 is 2.53 bits per heavy atom. The molecule has 0 bridgehead atoms. The summed E-state index contributed by atoms with van der Waals surface area (Å²) in [6, 6.07) is 17.4. The number of benzene rings is 2. The fourth-order valence-electron chi connectivity index (χ4n) is 3.17. The number of rotatable bonds is 7. The van der Waals surface area contributed by atoms with Crippen molar-refractivity contribution in [1.29, 1.82) is 0 Å². The maximum atomic E-state index is 12.3. The first-order chi connectivity index (χ1) is 14.6. The van der Waals surface area contributed by atoms with Crippen molar-refractivity contribution in [3.8, 4) is 11.3 Å². The van der Waals surface area contributed by atoms with E-state index in [0.717, 1.165) is 29.1 Å². The van der Waals surface area contributed by atoms with Gasteiger partial charge < -0.3 is 15.5 Å². The molecule has 4 aromatic rings. The van der Waals surface area contributed by atoms with Crippen LogP contribution in [0.1, 0.15) is 10.4 Å². The van der Waals surface area contributed by atoms with E-state index < -0.39 is 0 Å². The molecule has 2 heterocycles. The van der Waals surface area contributed by atoms with Crippen molar-refractivity contribution in [2.75, 3.05) is 32.5 Å². The quantitative estimate of drug-likeness (QED) is 0.497. The van der Waals surface area contributed by atoms with Crippen LogP contribution in [0.15, 0.2) is 73.2 Å². The number of carbonyl (C=O) groups excluding carboxylic acids is 1. The van der Waals surface area contributed by atoms with E-state index in [1.807, 2.05) is 90.4 Å². The molecule has 0 fully saturated rings. The molecule has 0 aliphatic carbocycles. The highest BCUT2D eigenvalue weighted by Gasteiger charge is 2.12. The van der Waals surface area contributed by atoms with E-state index in [0.29, 0.717) is 17.9 Å². The van der Waals surface area contributed by atoms with Crippen LogP contribution in [0.2, 0.25) is 0 Å². The van der Waals surface area contributed by atoms with Crippen molar-refractivity contribution in [3.05, 3.63) is 78.8 Å². The van der Waals surface area contributed by atoms with Crippen molar-refractivity contribution >= 4 is 23.1 Å². The highest BCUT2D eigenvalue weighted by atomic mass is 16.1. The number of nitrogens with zero attached hydrogens (tertiary/aromatic N) is 4. The largest absolute Gasteiger partial charge is 0.351 e. The van der Waals surface area contributed by atoms with Crippen LogP contribution in [-0.4, -0.2) is 52.4 Å². The number of hydrogen-bond acceptors (Lipinski definition) is 5. The molecule has 2 N–H and O–H groups in total. The van der Waals surface area contributed by atoms with Gasteiger partial charge >= 0.3 is 0 Å². The van der Waals surface area contributed by atoms with Gasteiger partial charge in [0.25, 0.3) is 5.91 Å². The molecule has 152 valence electrons. The Bertz CT molecular complexity index is 1140. The molecule has 0 aliphatic rings. The van der Waals surface area contributed by atoms with Crippen LogP contribution in [0.4, 0.5) is 11.5 Å². The molecule has 2 aromatic carbocycles. The van der Waals surface area contributed by atoms with E-state index in [9.17, 15) is 4.79 Å². The summed E-state index contributed by atoms with van der Waals surface area (Å²) in [4.78, 5) is 23.3. The van der Waals surface area contributed by atoms with Gasteiger partial charge in [-0.15, -0.1) is 0 Å². The molecule has 0 saturated carbocycles. The zero-order valence-electron chi connectivity index (χ0n) is 17.0. The molecular weight excluding hydrogens is 376 g/mol. The molecule has 0 unspecified atom stereocenters. The minimum Gasteiger partial charge on any atom is -0.351 e. The monoisotopic (exact) mass is 400 g/mol. The van der Waals surface area contributed by atoms with Gasteiger partial charge in [-0.3, -0.25) is 9.20 Å². The second-order valence-electron chi connectivity index (χ2n) is 7.24. The SMILES string of the molecule is CN(C)CCNC(=O)c1ccc(-c2cnc3c(Nc4ccccc4)nccn23)cc1. The van der Waals surface area contributed by atoms with Gasteiger partial charge in [0.15, 0.2) is 11.5 Å². The van der Waals surface area contributed by atoms with Crippen LogP contribution >= 0.6 is 0 Å². The van der Waals surface area contributed by atoms with E-state index in [4.69, 9.17) is 0 Å². The third-order valence-electron chi connectivity index (χ3n) is 4.75. The third kappa shape index (κ3) is 4.31. The van der Waals surface area contributed by atoms with Crippen LogP contribution in [0.3, 0.4) is 0 Å². The first kappa shape index (κ1) is 19.6. The smallest absolute Gasteiger partial charge is 0.251 e. The molecule has 0 saturated heterocycles. The lowest BCUT2D eigenvalue weighted by Crippen LogP contribution is -2.31. The molecule has 1 amide bonds. The summed E-state index contributed by atoms with van der Waals surface area (Å²) in [5.41, 5.74) is 4.24. The summed E-state index contributed by atoms with van der Waals surface area (Å²) in [5.74, 6) is 0.618. The number of fused-ring (bicyclic) bond motifs is 1. The van der Waals surface area contributed by atoms with Crippen molar-refractivity contribution in [2.24, 2.45) is 0 Å². The van der Waals surface area contributed by atoms with Gasteiger partial charge in [0.2, 0.25) is 0 Å². The van der Waals surface area contributed by atoms with E-state index in [1.54, 1.807) is 6.20 Å². The van der Waals surface area contributed by atoms with Crippen molar-refractivity contribution in [1.82, 2.24) is 24.6 Å². The zero-order chi connectivity index (χ0) is 20.9. The number of aromatic nitrogens is 3.